The molecule has 1 heterocycles. The Labute approximate surface area is 243 Å². The first-order chi connectivity index (χ1) is 19.9. The molecule has 3 rings (SSSR count). The SMILES string of the molecule is C=C1C(=O)O[C@@H]2[C@H]3C(C)=C[C@@H](O)[C@H]3[C@@](O)(COC(=O)/C(=C/C)CO)C[C@@H](OC(=O)/C(=C/C)COC(=O)/C(=C/C)CO)[C@H]12. The van der Waals surface area contributed by atoms with Gasteiger partial charge in [0.15, 0.2) is 0 Å². The van der Waals surface area contributed by atoms with Crippen molar-refractivity contribution in [2.24, 2.45) is 17.8 Å². The first-order valence-corrected chi connectivity index (χ1v) is 13.6. The standard InChI is InChI=1S/C30H38O12/c1-6-17(11-31)27(35)39-13-19(8-3)29(37)41-21-10-30(38,14-40-28(36)18(7-2)12-32)24-20(33)9-15(4)22(24)25-23(21)16(5)26(34)42-25/h6-9,20-25,31-33,38H,5,10-14H2,1-4H3/b17-6+,18-7+,19-8+/t20-,21-,22+,23+,24-,25-,30+/m1/s1. The Hall–Kier alpha value is -3.58. The second-order valence-corrected chi connectivity index (χ2v) is 10.5. The maximum absolute atomic E-state index is 13.3. The predicted molar refractivity (Wildman–Crippen MR) is 146 cm³/mol. The molecule has 42 heavy (non-hydrogen) atoms. The lowest BCUT2D eigenvalue weighted by molar-refractivity contribution is -0.167. The molecule has 3 aliphatic rings. The zero-order valence-electron chi connectivity index (χ0n) is 24.1. The zero-order chi connectivity index (χ0) is 31.4. The van der Waals surface area contributed by atoms with Crippen molar-refractivity contribution < 1.29 is 58.6 Å². The summed E-state index contributed by atoms with van der Waals surface area (Å²) in [4.78, 5) is 50.7. The molecule has 2 aliphatic carbocycles. The quantitative estimate of drug-likeness (QED) is 0.120. The van der Waals surface area contributed by atoms with Gasteiger partial charge in [0, 0.05) is 23.8 Å². The van der Waals surface area contributed by atoms with Gasteiger partial charge < -0.3 is 39.4 Å². The molecular formula is C30H38O12. The molecule has 1 aliphatic heterocycles. The van der Waals surface area contributed by atoms with E-state index in [1.165, 1.54) is 38.2 Å². The molecule has 1 saturated carbocycles. The maximum Gasteiger partial charge on any atom is 0.337 e. The molecule has 230 valence electrons. The molecule has 0 radical (unpaired) electrons. The largest absolute Gasteiger partial charge is 0.459 e. The minimum Gasteiger partial charge on any atom is -0.459 e. The van der Waals surface area contributed by atoms with Gasteiger partial charge in [0.1, 0.15) is 31.0 Å². The number of rotatable bonds is 10. The van der Waals surface area contributed by atoms with Crippen molar-refractivity contribution in [1.29, 1.82) is 0 Å². The van der Waals surface area contributed by atoms with Crippen molar-refractivity contribution in [3.05, 3.63) is 58.7 Å². The van der Waals surface area contributed by atoms with Gasteiger partial charge >= 0.3 is 23.9 Å². The van der Waals surface area contributed by atoms with Gasteiger partial charge in [-0.2, -0.15) is 0 Å². The second-order valence-electron chi connectivity index (χ2n) is 10.5. The lowest BCUT2D eigenvalue weighted by atomic mass is 9.75. The highest BCUT2D eigenvalue weighted by atomic mass is 16.6. The summed E-state index contributed by atoms with van der Waals surface area (Å²) in [5, 5.41) is 41.8. The van der Waals surface area contributed by atoms with Gasteiger partial charge in [-0.3, -0.25) is 0 Å². The molecule has 0 bridgehead atoms. The van der Waals surface area contributed by atoms with E-state index >= 15 is 0 Å². The van der Waals surface area contributed by atoms with E-state index < -0.39 is 92.0 Å². The predicted octanol–water partition coefficient (Wildman–Crippen LogP) is 0.594. The Bertz CT molecular complexity index is 1240. The van der Waals surface area contributed by atoms with E-state index in [4.69, 9.17) is 18.9 Å². The van der Waals surface area contributed by atoms with Gasteiger partial charge in [0.05, 0.1) is 42.0 Å². The molecule has 12 heteroatoms. The van der Waals surface area contributed by atoms with E-state index in [9.17, 15) is 39.6 Å². The van der Waals surface area contributed by atoms with Gasteiger partial charge in [0.2, 0.25) is 0 Å². The highest BCUT2D eigenvalue weighted by Crippen LogP contribution is 2.53. The lowest BCUT2D eigenvalue weighted by Crippen LogP contribution is -2.51. The van der Waals surface area contributed by atoms with Gasteiger partial charge in [-0.05, 0) is 27.7 Å². The van der Waals surface area contributed by atoms with Crippen LogP contribution in [-0.4, -0.2) is 94.6 Å². The van der Waals surface area contributed by atoms with Gasteiger partial charge in [-0.15, -0.1) is 0 Å². The summed E-state index contributed by atoms with van der Waals surface area (Å²) in [5.74, 6) is -5.98. The number of carbonyl (C=O) groups is 4. The third-order valence-electron chi connectivity index (χ3n) is 8.15. The molecular weight excluding hydrogens is 552 g/mol. The molecule has 2 fully saturated rings. The fraction of sp³-hybridized carbons (Fsp3) is 0.533. The summed E-state index contributed by atoms with van der Waals surface area (Å²) in [6, 6.07) is 0. The summed E-state index contributed by atoms with van der Waals surface area (Å²) < 4.78 is 22.0. The van der Waals surface area contributed by atoms with Crippen LogP contribution in [0.2, 0.25) is 0 Å². The Kier molecular flexibility index (Phi) is 10.7. The minimum absolute atomic E-state index is 0.00115. The number of hydrogen-bond acceptors (Lipinski definition) is 12. The topological polar surface area (TPSA) is 186 Å². The first kappa shape index (κ1) is 32.9. The van der Waals surface area contributed by atoms with Crippen LogP contribution in [0.25, 0.3) is 0 Å². The summed E-state index contributed by atoms with van der Waals surface area (Å²) >= 11 is 0. The number of esters is 4. The molecule has 0 aromatic carbocycles. The van der Waals surface area contributed by atoms with Crippen molar-refractivity contribution in [1.82, 2.24) is 0 Å². The zero-order valence-corrected chi connectivity index (χ0v) is 24.1. The molecule has 1 saturated heterocycles. The monoisotopic (exact) mass is 590 g/mol. The van der Waals surface area contributed by atoms with Crippen LogP contribution in [0.5, 0.6) is 0 Å². The van der Waals surface area contributed by atoms with Crippen LogP contribution in [0.3, 0.4) is 0 Å². The van der Waals surface area contributed by atoms with Crippen LogP contribution in [0.1, 0.15) is 34.1 Å². The first-order valence-electron chi connectivity index (χ1n) is 13.6. The van der Waals surface area contributed by atoms with Crippen molar-refractivity contribution in [3.63, 3.8) is 0 Å². The van der Waals surface area contributed by atoms with Crippen molar-refractivity contribution in [2.45, 2.75) is 58.0 Å². The number of aliphatic hydroxyl groups excluding tert-OH is 3. The lowest BCUT2D eigenvalue weighted by Gasteiger charge is -2.38. The van der Waals surface area contributed by atoms with Crippen molar-refractivity contribution in [3.8, 4) is 0 Å². The number of ether oxygens (including phenoxy) is 4. The average molecular weight is 591 g/mol. The van der Waals surface area contributed by atoms with Gasteiger partial charge in [-0.1, -0.05) is 36.5 Å². The summed E-state index contributed by atoms with van der Waals surface area (Å²) in [5.41, 5.74) is -1.44. The number of hydrogen-bond donors (Lipinski definition) is 4. The van der Waals surface area contributed by atoms with Crippen molar-refractivity contribution in [2.75, 3.05) is 26.4 Å². The minimum atomic E-state index is -1.98. The highest BCUT2D eigenvalue weighted by Gasteiger charge is 2.62. The normalized spacial score (nSPS) is 31.4. The van der Waals surface area contributed by atoms with E-state index in [1.807, 2.05) is 0 Å². The van der Waals surface area contributed by atoms with Gasteiger partial charge in [0.25, 0.3) is 0 Å². The second kappa shape index (κ2) is 13.6. The van der Waals surface area contributed by atoms with Crippen LogP contribution in [0.15, 0.2) is 58.7 Å². The van der Waals surface area contributed by atoms with E-state index in [0.29, 0.717) is 5.57 Å². The van der Waals surface area contributed by atoms with E-state index in [2.05, 4.69) is 6.58 Å². The van der Waals surface area contributed by atoms with Crippen LogP contribution in [-0.2, 0) is 38.1 Å². The van der Waals surface area contributed by atoms with Crippen LogP contribution in [0, 0.1) is 17.8 Å². The Morgan fingerprint density at radius 2 is 1.57 bits per heavy atom. The molecule has 0 unspecified atom stereocenters. The van der Waals surface area contributed by atoms with Gasteiger partial charge in [-0.25, -0.2) is 19.2 Å². The fourth-order valence-electron chi connectivity index (χ4n) is 5.86. The molecule has 0 spiro atoms. The van der Waals surface area contributed by atoms with Crippen LogP contribution < -0.4 is 0 Å². The molecule has 4 N–H and O–H groups in total. The molecule has 0 aromatic heterocycles. The summed E-state index contributed by atoms with van der Waals surface area (Å²) in [7, 11) is 0. The smallest absolute Gasteiger partial charge is 0.337 e. The Morgan fingerprint density at radius 1 is 1.00 bits per heavy atom. The van der Waals surface area contributed by atoms with E-state index in [0.717, 1.165) is 0 Å². The third-order valence-corrected chi connectivity index (χ3v) is 8.15. The Balaban J connectivity index is 1.95. The van der Waals surface area contributed by atoms with Crippen LogP contribution in [0.4, 0.5) is 0 Å². The van der Waals surface area contributed by atoms with E-state index in [1.54, 1.807) is 13.8 Å². The summed E-state index contributed by atoms with van der Waals surface area (Å²) in [6.45, 7) is 7.90. The third kappa shape index (κ3) is 6.41. The summed E-state index contributed by atoms with van der Waals surface area (Å²) in [6.07, 6.45) is 1.86. The maximum atomic E-state index is 13.3. The Morgan fingerprint density at radius 3 is 2.12 bits per heavy atom. The molecule has 0 aromatic rings. The molecule has 7 atom stereocenters. The highest BCUT2D eigenvalue weighted by molar-refractivity contribution is 5.93. The van der Waals surface area contributed by atoms with Crippen molar-refractivity contribution >= 4 is 23.9 Å². The number of allylic oxidation sites excluding steroid dienone is 3. The number of fused-ring (bicyclic) bond motifs is 3. The van der Waals surface area contributed by atoms with Crippen LogP contribution >= 0.6 is 0 Å². The molecule has 0 amide bonds. The average Bonchev–Trinajstić information content (AvgIpc) is 3.38. The number of carbonyl (C=O) groups excluding carboxylic acids is 4. The number of aliphatic hydroxyl groups is 4. The molecule has 12 nitrogen and oxygen atoms in total. The fourth-order valence-corrected chi connectivity index (χ4v) is 5.86. The van der Waals surface area contributed by atoms with E-state index in [-0.39, 0.29) is 28.7 Å².